The Kier molecular flexibility index (Phi) is 8.70. The van der Waals surface area contributed by atoms with Crippen molar-refractivity contribution in [2.45, 2.75) is 38.5 Å². The van der Waals surface area contributed by atoms with Crippen LogP contribution in [-0.2, 0) is 0 Å². The molecule has 0 heterocycles. The standard InChI is InChI=1S/C16H26S2/c1-14(2)15(3)13-17-11-7-8-12-18-16-9-5-4-6-10-16/h4-6,9-10,14-15H,7-8,11-13H2,1-3H3. The molecule has 1 unspecified atom stereocenters. The summed E-state index contributed by atoms with van der Waals surface area (Å²) in [5.74, 6) is 5.58. The van der Waals surface area contributed by atoms with Gasteiger partial charge < -0.3 is 0 Å². The van der Waals surface area contributed by atoms with E-state index in [0.29, 0.717) is 0 Å². The van der Waals surface area contributed by atoms with E-state index in [1.165, 1.54) is 35.0 Å². The Morgan fingerprint density at radius 2 is 1.61 bits per heavy atom. The molecule has 0 aliphatic carbocycles. The van der Waals surface area contributed by atoms with Crippen LogP contribution in [0, 0.1) is 11.8 Å². The Morgan fingerprint density at radius 3 is 2.28 bits per heavy atom. The second-order valence-electron chi connectivity index (χ2n) is 5.16. The fourth-order valence-corrected chi connectivity index (χ4v) is 3.74. The minimum atomic E-state index is 0.825. The summed E-state index contributed by atoms with van der Waals surface area (Å²) in [6.45, 7) is 7.01. The number of hydrogen-bond donors (Lipinski definition) is 0. The van der Waals surface area contributed by atoms with Crippen molar-refractivity contribution in [1.29, 1.82) is 0 Å². The molecule has 18 heavy (non-hydrogen) atoms. The molecule has 1 rings (SSSR count). The first kappa shape index (κ1) is 16.0. The molecule has 102 valence electrons. The summed E-state index contributed by atoms with van der Waals surface area (Å²) in [7, 11) is 0. The molecule has 0 saturated carbocycles. The van der Waals surface area contributed by atoms with Gasteiger partial charge in [-0.25, -0.2) is 0 Å². The van der Waals surface area contributed by atoms with Gasteiger partial charge in [0.2, 0.25) is 0 Å². The quantitative estimate of drug-likeness (QED) is 0.428. The first-order valence-corrected chi connectivity index (χ1v) is 9.09. The van der Waals surface area contributed by atoms with Crippen molar-refractivity contribution >= 4 is 23.5 Å². The Hall–Kier alpha value is -0.0800. The lowest BCUT2D eigenvalue weighted by molar-refractivity contribution is 0.464. The highest BCUT2D eigenvalue weighted by molar-refractivity contribution is 7.99. The smallest absolute Gasteiger partial charge is 0.00719 e. The van der Waals surface area contributed by atoms with Crippen molar-refractivity contribution < 1.29 is 0 Å². The summed E-state index contributed by atoms with van der Waals surface area (Å²) in [6.07, 6.45) is 2.69. The van der Waals surface area contributed by atoms with Gasteiger partial charge in [0.25, 0.3) is 0 Å². The molecule has 0 N–H and O–H groups in total. The number of hydrogen-bond acceptors (Lipinski definition) is 2. The van der Waals surface area contributed by atoms with E-state index in [2.05, 4.69) is 62.9 Å². The largest absolute Gasteiger partial charge is 0.162 e. The van der Waals surface area contributed by atoms with Gasteiger partial charge in [0.05, 0.1) is 0 Å². The minimum Gasteiger partial charge on any atom is -0.162 e. The second-order valence-corrected chi connectivity index (χ2v) is 7.48. The van der Waals surface area contributed by atoms with Gasteiger partial charge in [-0.05, 0) is 54.1 Å². The molecule has 1 atom stereocenters. The van der Waals surface area contributed by atoms with E-state index in [1.54, 1.807) is 0 Å². The molecule has 0 aliphatic rings. The first-order chi connectivity index (χ1) is 8.70. The number of unbranched alkanes of at least 4 members (excludes halogenated alkanes) is 1. The molecule has 0 aromatic heterocycles. The van der Waals surface area contributed by atoms with Crippen molar-refractivity contribution in [3.8, 4) is 0 Å². The van der Waals surface area contributed by atoms with Gasteiger partial charge in [0.1, 0.15) is 0 Å². The van der Waals surface area contributed by atoms with Gasteiger partial charge in [-0.15, -0.1) is 11.8 Å². The van der Waals surface area contributed by atoms with Crippen LogP contribution in [-0.4, -0.2) is 17.3 Å². The van der Waals surface area contributed by atoms with Crippen molar-refractivity contribution in [1.82, 2.24) is 0 Å². The molecule has 0 aliphatic heterocycles. The lowest BCUT2D eigenvalue weighted by atomic mass is 10.0. The van der Waals surface area contributed by atoms with E-state index >= 15 is 0 Å². The summed E-state index contributed by atoms with van der Waals surface area (Å²) in [5.41, 5.74) is 0. The highest BCUT2D eigenvalue weighted by atomic mass is 32.2. The Bertz CT molecular complexity index is 295. The highest BCUT2D eigenvalue weighted by Gasteiger charge is 2.06. The first-order valence-electron chi connectivity index (χ1n) is 6.95. The number of thioether (sulfide) groups is 2. The molecule has 0 bridgehead atoms. The Labute approximate surface area is 121 Å². The average Bonchev–Trinajstić information content (AvgIpc) is 2.38. The van der Waals surface area contributed by atoms with Crippen molar-refractivity contribution in [3.05, 3.63) is 30.3 Å². The summed E-state index contributed by atoms with van der Waals surface area (Å²) in [5, 5.41) is 0. The summed E-state index contributed by atoms with van der Waals surface area (Å²) in [4.78, 5) is 1.40. The zero-order valence-corrected chi connectivity index (χ0v) is 13.5. The predicted molar refractivity (Wildman–Crippen MR) is 87.7 cm³/mol. The van der Waals surface area contributed by atoms with E-state index in [4.69, 9.17) is 0 Å². The number of rotatable bonds is 9. The molecule has 0 spiro atoms. The topological polar surface area (TPSA) is 0 Å². The van der Waals surface area contributed by atoms with Crippen LogP contribution in [0.4, 0.5) is 0 Å². The Balaban J connectivity index is 1.93. The SMILES string of the molecule is CC(C)C(C)CSCCCCSc1ccccc1. The maximum absolute atomic E-state index is 2.36. The van der Waals surface area contributed by atoms with Gasteiger partial charge in [-0.1, -0.05) is 39.0 Å². The zero-order chi connectivity index (χ0) is 13.2. The lowest BCUT2D eigenvalue weighted by Crippen LogP contribution is -2.06. The van der Waals surface area contributed by atoms with Crippen LogP contribution >= 0.6 is 23.5 Å². The van der Waals surface area contributed by atoms with E-state index in [-0.39, 0.29) is 0 Å². The third kappa shape index (κ3) is 7.38. The van der Waals surface area contributed by atoms with Gasteiger partial charge in [-0.2, -0.15) is 11.8 Å². The van der Waals surface area contributed by atoms with Gasteiger partial charge in [0.15, 0.2) is 0 Å². The fourth-order valence-electron chi connectivity index (χ4n) is 1.47. The van der Waals surface area contributed by atoms with Gasteiger partial charge in [0, 0.05) is 4.90 Å². The molecule has 0 amide bonds. The average molecular weight is 283 g/mol. The molecular weight excluding hydrogens is 256 g/mol. The third-order valence-corrected chi connectivity index (χ3v) is 5.65. The molecular formula is C16H26S2. The molecule has 0 saturated heterocycles. The normalized spacial score (nSPS) is 12.9. The second kappa shape index (κ2) is 9.80. The zero-order valence-electron chi connectivity index (χ0n) is 11.9. The summed E-state index contributed by atoms with van der Waals surface area (Å²) < 4.78 is 0. The van der Waals surface area contributed by atoms with Crippen LogP contribution in [0.3, 0.4) is 0 Å². The van der Waals surface area contributed by atoms with Crippen LogP contribution in [0.2, 0.25) is 0 Å². The highest BCUT2D eigenvalue weighted by Crippen LogP contribution is 2.20. The van der Waals surface area contributed by atoms with Crippen LogP contribution in [0.15, 0.2) is 35.2 Å². The van der Waals surface area contributed by atoms with Gasteiger partial charge in [-0.3, -0.25) is 0 Å². The molecule has 2 heteroatoms. The van der Waals surface area contributed by atoms with Crippen LogP contribution in [0.1, 0.15) is 33.6 Å². The minimum absolute atomic E-state index is 0.825. The third-order valence-electron chi connectivity index (χ3n) is 3.21. The summed E-state index contributed by atoms with van der Waals surface area (Å²) >= 11 is 4.11. The molecule has 1 aromatic carbocycles. The molecule has 1 aromatic rings. The van der Waals surface area contributed by atoms with Crippen molar-refractivity contribution in [2.24, 2.45) is 11.8 Å². The maximum atomic E-state index is 2.36. The van der Waals surface area contributed by atoms with Crippen LogP contribution in [0.25, 0.3) is 0 Å². The maximum Gasteiger partial charge on any atom is 0.00719 e. The van der Waals surface area contributed by atoms with E-state index in [1.807, 2.05) is 11.8 Å². The summed E-state index contributed by atoms with van der Waals surface area (Å²) in [6, 6.07) is 10.7. The molecule has 0 fully saturated rings. The van der Waals surface area contributed by atoms with Crippen LogP contribution in [0.5, 0.6) is 0 Å². The predicted octanol–water partition coefficient (Wildman–Crippen LogP) is 5.58. The van der Waals surface area contributed by atoms with Gasteiger partial charge >= 0.3 is 0 Å². The lowest BCUT2D eigenvalue weighted by Gasteiger charge is -2.14. The van der Waals surface area contributed by atoms with E-state index in [0.717, 1.165) is 11.8 Å². The number of benzene rings is 1. The fraction of sp³-hybridized carbons (Fsp3) is 0.625. The Morgan fingerprint density at radius 1 is 0.944 bits per heavy atom. The molecule has 0 nitrogen and oxygen atoms in total. The van der Waals surface area contributed by atoms with Crippen molar-refractivity contribution in [2.75, 3.05) is 17.3 Å². The van der Waals surface area contributed by atoms with Crippen LogP contribution < -0.4 is 0 Å². The van der Waals surface area contributed by atoms with E-state index in [9.17, 15) is 0 Å². The van der Waals surface area contributed by atoms with Crippen molar-refractivity contribution in [3.63, 3.8) is 0 Å². The van der Waals surface area contributed by atoms with E-state index < -0.39 is 0 Å². The monoisotopic (exact) mass is 282 g/mol. The molecule has 0 radical (unpaired) electrons.